The second kappa shape index (κ2) is 4.07. The Hall–Kier alpha value is -1.49. The van der Waals surface area contributed by atoms with Crippen LogP contribution in [0, 0.1) is 20.8 Å². The molecule has 2 heterocycles. The molecule has 5 heteroatoms. The largest absolute Gasteiger partial charge is 0.344 e. The van der Waals surface area contributed by atoms with Crippen molar-refractivity contribution >= 4 is 27.5 Å². The molecule has 0 fully saturated rings. The number of carbonyl (C=O) groups is 1. The number of rotatable bonds is 1. The van der Waals surface area contributed by atoms with Gasteiger partial charge >= 0.3 is 0 Å². The molecule has 0 aromatic carbocycles. The van der Waals surface area contributed by atoms with Gasteiger partial charge in [-0.15, -0.1) is 11.3 Å². The van der Waals surface area contributed by atoms with Crippen LogP contribution in [0.1, 0.15) is 26.8 Å². The molecule has 2 aromatic rings. The van der Waals surface area contributed by atoms with Crippen molar-refractivity contribution < 1.29 is 4.79 Å². The van der Waals surface area contributed by atoms with Gasteiger partial charge in [0.15, 0.2) is 0 Å². The fourth-order valence-corrected chi connectivity index (χ4v) is 3.18. The number of nitrogens with zero attached hydrogens (tertiary/aromatic N) is 3. The van der Waals surface area contributed by atoms with Crippen molar-refractivity contribution in [2.24, 2.45) is 0 Å². The van der Waals surface area contributed by atoms with E-state index in [2.05, 4.69) is 9.97 Å². The molecule has 0 unspecified atom stereocenters. The lowest BCUT2D eigenvalue weighted by Gasteiger charge is -2.08. The van der Waals surface area contributed by atoms with Gasteiger partial charge < -0.3 is 4.90 Å². The van der Waals surface area contributed by atoms with Gasteiger partial charge in [0.2, 0.25) is 0 Å². The number of aryl methyl sites for hydroxylation is 3. The Morgan fingerprint density at radius 1 is 1.18 bits per heavy atom. The van der Waals surface area contributed by atoms with Crippen molar-refractivity contribution in [1.29, 1.82) is 0 Å². The summed E-state index contributed by atoms with van der Waals surface area (Å²) >= 11 is 1.45. The van der Waals surface area contributed by atoms with E-state index in [-0.39, 0.29) is 5.91 Å². The fraction of sp³-hybridized carbons (Fsp3) is 0.417. The van der Waals surface area contributed by atoms with Gasteiger partial charge in [0.05, 0.1) is 4.88 Å². The van der Waals surface area contributed by atoms with E-state index in [1.54, 1.807) is 19.0 Å². The van der Waals surface area contributed by atoms with E-state index in [9.17, 15) is 4.79 Å². The van der Waals surface area contributed by atoms with Gasteiger partial charge in [0.25, 0.3) is 5.91 Å². The zero-order chi connectivity index (χ0) is 12.7. The molecule has 0 N–H and O–H groups in total. The van der Waals surface area contributed by atoms with E-state index in [4.69, 9.17) is 0 Å². The summed E-state index contributed by atoms with van der Waals surface area (Å²) in [7, 11) is 3.52. The van der Waals surface area contributed by atoms with E-state index < -0.39 is 0 Å². The van der Waals surface area contributed by atoms with Crippen LogP contribution in [-0.2, 0) is 0 Å². The van der Waals surface area contributed by atoms with Crippen LogP contribution >= 0.6 is 11.3 Å². The number of carbonyl (C=O) groups excluding carboxylic acids is 1. The van der Waals surface area contributed by atoms with Gasteiger partial charge in [0.1, 0.15) is 10.7 Å². The minimum Gasteiger partial charge on any atom is -0.344 e. The van der Waals surface area contributed by atoms with Crippen molar-refractivity contribution in [3.05, 3.63) is 22.0 Å². The van der Waals surface area contributed by atoms with Crippen LogP contribution in [0.5, 0.6) is 0 Å². The van der Waals surface area contributed by atoms with E-state index in [0.717, 1.165) is 32.2 Å². The van der Waals surface area contributed by atoms with Crippen molar-refractivity contribution in [3.8, 4) is 0 Å². The number of aromatic nitrogens is 2. The molecule has 0 aliphatic carbocycles. The van der Waals surface area contributed by atoms with Crippen molar-refractivity contribution in [3.63, 3.8) is 0 Å². The topological polar surface area (TPSA) is 46.1 Å². The van der Waals surface area contributed by atoms with Crippen LogP contribution in [0.2, 0.25) is 0 Å². The minimum absolute atomic E-state index is 0.0301. The number of hydrogen-bond donors (Lipinski definition) is 0. The summed E-state index contributed by atoms with van der Waals surface area (Å²) in [4.78, 5) is 24.0. The molecule has 0 bridgehead atoms. The van der Waals surface area contributed by atoms with Crippen LogP contribution in [0.15, 0.2) is 0 Å². The fourth-order valence-electron chi connectivity index (χ4n) is 1.88. The van der Waals surface area contributed by atoms with Gasteiger partial charge in [-0.25, -0.2) is 9.97 Å². The molecule has 2 aromatic heterocycles. The SMILES string of the molecule is Cc1nc(C)c2c(C)c(C(=O)N(C)C)sc2n1. The monoisotopic (exact) mass is 249 g/mol. The highest BCUT2D eigenvalue weighted by molar-refractivity contribution is 7.20. The predicted octanol–water partition coefficient (Wildman–Crippen LogP) is 2.32. The lowest BCUT2D eigenvalue weighted by molar-refractivity contribution is 0.0831. The zero-order valence-electron chi connectivity index (χ0n) is 10.7. The van der Waals surface area contributed by atoms with Crippen molar-refractivity contribution in [2.75, 3.05) is 14.1 Å². The van der Waals surface area contributed by atoms with Crippen LogP contribution in [-0.4, -0.2) is 34.9 Å². The van der Waals surface area contributed by atoms with Crippen molar-refractivity contribution in [1.82, 2.24) is 14.9 Å². The Bertz CT molecular complexity index is 601. The molecule has 0 aliphatic heterocycles. The summed E-state index contributed by atoms with van der Waals surface area (Å²) in [6.07, 6.45) is 0. The summed E-state index contributed by atoms with van der Waals surface area (Å²) < 4.78 is 0. The molecule has 0 atom stereocenters. The summed E-state index contributed by atoms with van der Waals surface area (Å²) in [5.41, 5.74) is 1.93. The minimum atomic E-state index is 0.0301. The Morgan fingerprint density at radius 3 is 2.41 bits per heavy atom. The Morgan fingerprint density at radius 2 is 1.82 bits per heavy atom. The van der Waals surface area contributed by atoms with Crippen LogP contribution in [0.4, 0.5) is 0 Å². The normalized spacial score (nSPS) is 10.9. The molecule has 2 rings (SSSR count). The molecule has 17 heavy (non-hydrogen) atoms. The molecule has 1 amide bonds. The summed E-state index contributed by atoms with van der Waals surface area (Å²) in [6.45, 7) is 5.79. The molecular formula is C12H15N3OS. The van der Waals surface area contributed by atoms with Crippen LogP contribution in [0.3, 0.4) is 0 Å². The average molecular weight is 249 g/mol. The molecule has 0 spiro atoms. The first kappa shape index (κ1) is 12.0. The third kappa shape index (κ3) is 1.91. The number of amides is 1. The molecule has 90 valence electrons. The van der Waals surface area contributed by atoms with E-state index >= 15 is 0 Å². The summed E-state index contributed by atoms with van der Waals surface area (Å²) in [5, 5.41) is 1.02. The summed E-state index contributed by atoms with van der Waals surface area (Å²) in [6, 6.07) is 0. The van der Waals surface area contributed by atoms with Gasteiger partial charge in [-0.3, -0.25) is 4.79 Å². The number of thiophene rings is 1. The predicted molar refractivity (Wildman–Crippen MR) is 69.6 cm³/mol. The Kier molecular flexibility index (Phi) is 2.87. The number of fused-ring (bicyclic) bond motifs is 1. The first-order valence-electron chi connectivity index (χ1n) is 5.37. The van der Waals surface area contributed by atoms with E-state index in [1.165, 1.54) is 11.3 Å². The standard InChI is InChI=1S/C12H15N3OS/c1-6-9-7(2)13-8(3)14-11(9)17-10(6)12(16)15(4)5/h1-5H3. The van der Waals surface area contributed by atoms with Crippen molar-refractivity contribution in [2.45, 2.75) is 20.8 Å². The first-order valence-corrected chi connectivity index (χ1v) is 6.19. The number of hydrogen-bond acceptors (Lipinski definition) is 4. The maximum absolute atomic E-state index is 12.0. The van der Waals surface area contributed by atoms with Gasteiger partial charge in [-0.1, -0.05) is 0 Å². The maximum atomic E-state index is 12.0. The third-order valence-electron chi connectivity index (χ3n) is 2.68. The summed E-state index contributed by atoms with van der Waals surface area (Å²) in [5.74, 6) is 0.780. The maximum Gasteiger partial charge on any atom is 0.263 e. The lowest BCUT2D eigenvalue weighted by Crippen LogP contribution is -2.21. The van der Waals surface area contributed by atoms with Gasteiger partial charge in [-0.05, 0) is 26.3 Å². The highest BCUT2D eigenvalue weighted by atomic mass is 32.1. The van der Waals surface area contributed by atoms with Crippen LogP contribution in [0.25, 0.3) is 10.2 Å². The molecule has 4 nitrogen and oxygen atoms in total. The van der Waals surface area contributed by atoms with Gasteiger partial charge in [-0.2, -0.15) is 0 Å². The Balaban J connectivity index is 2.73. The highest BCUT2D eigenvalue weighted by Crippen LogP contribution is 2.31. The molecule has 0 saturated carbocycles. The van der Waals surface area contributed by atoms with E-state index in [1.807, 2.05) is 20.8 Å². The third-order valence-corrected chi connectivity index (χ3v) is 3.86. The Labute approximate surface area is 104 Å². The second-order valence-electron chi connectivity index (χ2n) is 4.29. The van der Waals surface area contributed by atoms with E-state index in [0.29, 0.717) is 0 Å². The lowest BCUT2D eigenvalue weighted by atomic mass is 10.1. The molecule has 0 saturated heterocycles. The first-order chi connectivity index (χ1) is 7.91. The zero-order valence-corrected chi connectivity index (χ0v) is 11.5. The quantitative estimate of drug-likeness (QED) is 0.779. The molecular weight excluding hydrogens is 234 g/mol. The van der Waals surface area contributed by atoms with Crippen LogP contribution < -0.4 is 0 Å². The molecule has 0 aliphatic rings. The second-order valence-corrected chi connectivity index (χ2v) is 5.29. The average Bonchev–Trinajstić information content (AvgIpc) is 2.54. The smallest absolute Gasteiger partial charge is 0.263 e. The molecule has 0 radical (unpaired) electrons. The highest BCUT2D eigenvalue weighted by Gasteiger charge is 2.19. The van der Waals surface area contributed by atoms with Gasteiger partial charge in [0, 0.05) is 25.2 Å².